The van der Waals surface area contributed by atoms with Crippen LogP contribution in [0.15, 0.2) is 48.5 Å². The number of nitrogens with two attached hydrogens (primary N) is 1. The maximum atomic E-state index is 11.5. The average Bonchev–Trinajstić information content (AvgIpc) is 2.56. The first-order chi connectivity index (χ1) is 10.7. The Bertz CT molecular complexity index is 643. The van der Waals surface area contributed by atoms with E-state index in [2.05, 4.69) is 29.2 Å². The summed E-state index contributed by atoms with van der Waals surface area (Å²) in [4.78, 5) is 14.1. The van der Waals surface area contributed by atoms with Crippen molar-refractivity contribution in [2.45, 2.75) is 25.8 Å². The molecule has 3 nitrogen and oxygen atoms in total. The van der Waals surface area contributed by atoms with Crippen molar-refractivity contribution in [3.8, 4) is 11.1 Å². The zero-order valence-electron chi connectivity index (χ0n) is 12.8. The molecule has 1 aliphatic heterocycles. The van der Waals surface area contributed by atoms with Crippen LogP contribution in [0.4, 0.5) is 0 Å². The van der Waals surface area contributed by atoms with Crippen molar-refractivity contribution < 1.29 is 4.79 Å². The van der Waals surface area contributed by atoms with Gasteiger partial charge in [-0.15, -0.1) is 0 Å². The summed E-state index contributed by atoms with van der Waals surface area (Å²) in [7, 11) is 0. The smallest absolute Gasteiger partial charge is 0.249 e. The van der Waals surface area contributed by atoms with E-state index in [1.807, 2.05) is 18.2 Å². The molecule has 22 heavy (non-hydrogen) atoms. The van der Waals surface area contributed by atoms with Gasteiger partial charge in [0.25, 0.3) is 0 Å². The second-order valence-electron chi connectivity index (χ2n) is 5.94. The molecule has 1 aliphatic rings. The minimum Gasteiger partial charge on any atom is -0.366 e. The highest BCUT2D eigenvalue weighted by atomic mass is 16.1. The lowest BCUT2D eigenvalue weighted by Crippen LogP contribution is -2.29. The molecule has 3 heteroatoms. The Kier molecular flexibility index (Phi) is 4.54. The summed E-state index contributed by atoms with van der Waals surface area (Å²) >= 11 is 0. The van der Waals surface area contributed by atoms with Gasteiger partial charge in [0, 0.05) is 12.1 Å². The predicted octanol–water partition coefficient (Wildman–Crippen LogP) is 3.44. The summed E-state index contributed by atoms with van der Waals surface area (Å²) in [5.41, 5.74) is 9.30. The van der Waals surface area contributed by atoms with Crippen molar-refractivity contribution >= 4 is 5.91 Å². The number of hydrogen-bond acceptors (Lipinski definition) is 2. The monoisotopic (exact) mass is 294 g/mol. The number of carbonyl (C=O) groups is 1. The Morgan fingerprint density at radius 3 is 2.32 bits per heavy atom. The largest absolute Gasteiger partial charge is 0.366 e. The van der Waals surface area contributed by atoms with Crippen LogP contribution in [0.2, 0.25) is 0 Å². The molecule has 0 aromatic heterocycles. The maximum absolute atomic E-state index is 11.5. The molecule has 1 heterocycles. The van der Waals surface area contributed by atoms with Crippen LogP contribution in [-0.4, -0.2) is 23.9 Å². The lowest BCUT2D eigenvalue weighted by molar-refractivity contribution is 0.100. The van der Waals surface area contributed by atoms with Crippen molar-refractivity contribution in [1.82, 2.24) is 4.90 Å². The number of rotatable bonds is 4. The normalized spacial score (nSPS) is 15.6. The molecule has 0 spiro atoms. The van der Waals surface area contributed by atoms with Gasteiger partial charge in [0.2, 0.25) is 5.91 Å². The van der Waals surface area contributed by atoms with E-state index in [1.165, 1.54) is 37.9 Å². The van der Waals surface area contributed by atoms with Gasteiger partial charge in [-0.05, 0) is 48.7 Å². The highest BCUT2D eigenvalue weighted by molar-refractivity contribution is 5.99. The number of piperidine rings is 1. The number of nitrogens with zero attached hydrogens (tertiary/aromatic N) is 1. The van der Waals surface area contributed by atoms with Crippen LogP contribution in [0.5, 0.6) is 0 Å². The van der Waals surface area contributed by atoms with Crippen molar-refractivity contribution in [3.63, 3.8) is 0 Å². The quantitative estimate of drug-likeness (QED) is 0.939. The van der Waals surface area contributed by atoms with Gasteiger partial charge >= 0.3 is 0 Å². The summed E-state index contributed by atoms with van der Waals surface area (Å²) in [5, 5.41) is 0. The zero-order valence-corrected chi connectivity index (χ0v) is 12.8. The highest BCUT2D eigenvalue weighted by Gasteiger charge is 2.11. The predicted molar refractivity (Wildman–Crippen MR) is 89.5 cm³/mol. The first kappa shape index (κ1) is 14.8. The number of benzene rings is 2. The number of likely N-dealkylation sites (tertiary alicyclic amines) is 1. The topological polar surface area (TPSA) is 46.3 Å². The first-order valence-electron chi connectivity index (χ1n) is 7.94. The molecule has 2 N–H and O–H groups in total. The molecule has 0 unspecified atom stereocenters. The summed E-state index contributed by atoms with van der Waals surface area (Å²) in [6, 6.07) is 16.0. The fourth-order valence-corrected chi connectivity index (χ4v) is 3.12. The summed E-state index contributed by atoms with van der Waals surface area (Å²) in [6.07, 6.45) is 3.98. The van der Waals surface area contributed by atoms with Crippen LogP contribution in [0.1, 0.15) is 35.2 Å². The number of primary amides is 1. The number of carbonyl (C=O) groups excluding carboxylic acids is 1. The molecule has 2 aromatic rings. The molecule has 3 rings (SSSR count). The maximum Gasteiger partial charge on any atom is 0.249 e. The van der Waals surface area contributed by atoms with E-state index in [0.717, 1.165) is 17.7 Å². The SMILES string of the molecule is NC(=O)c1ccccc1-c1ccc(CN2CCCCC2)cc1. The third-order valence-electron chi connectivity index (χ3n) is 4.31. The van der Waals surface area contributed by atoms with Crippen molar-refractivity contribution in [2.24, 2.45) is 5.73 Å². The Morgan fingerprint density at radius 2 is 1.64 bits per heavy atom. The van der Waals surface area contributed by atoms with E-state index in [9.17, 15) is 4.79 Å². The molecule has 0 bridgehead atoms. The molecule has 0 aliphatic carbocycles. The average molecular weight is 294 g/mol. The summed E-state index contributed by atoms with van der Waals surface area (Å²) < 4.78 is 0. The zero-order chi connectivity index (χ0) is 15.4. The van der Waals surface area contributed by atoms with E-state index in [0.29, 0.717) is 5.56 Å². The fourth-order valence-electron chi connectivity index (χ4n) is 3.12. The van der Waals surface area contributed by atoms with Gasteiger partial charge in [-0.25, -0.2) is 0 Å². The standard InChI is InChI=1S/C19H22N2O/c20-19(22)18-7-3-2-6-17(18)16-10-8-15(9-11-16)14-21-12-4-1-5-13-21/h2-3,6-11H,1,4-5,12-14H2,(H2,20,22). The molecular formula is C19H22N2O. The van der Waals surface area contributed by atoms with Crippen LogP contribution >= 0.6 is 0 Å². The third-order valence-corrected chi connectivity index (χ3v) is 4.31. The molecule has 1 saturated heterocycles. The van der Waals surface area contributed by atoms with Crippen molar-refractivity contribution in [3.05, 3.63) is 59.7 Å². The molecular weight excluding hydrogens is 272 g/mol. The van der Waals surface area contributed by atoms with E-state index in [-0.39, 0.29) is 5.91 Å². The minimum absolute atomic E-state index is 0.381. The lowest BCUT2D eigenvalue weighted by Gasteiger charge is -2.26. The molecule has 2 aromatic carbocycles. The lowest BCUT2D eigenvalue weighted by atomic mass is 9.98. The van der Waals surface area contributed by atoms with E-state index < -0.39 is 0 Å². The first-order valence-corrected chi connectivity index (χ1v) is 7.94. The van der Waals surface area contributed by atoms with Crippen molar-refractivity contribution in [2.75, 3.05) is 13.1 Å². The van der Waals surface area contributed by atoms with Crippen LogP contribution in [0.3, 0.4) is 0 Å². The molecule has 114 valence electrons. The number of hydrogen-bond donors (Lipinski definition) is 1. The van der Waals surface area contributed by atoms with Gasteiger partial charge in [-0.1, -0.05) is 48.9 Å². The second-order valence-corrected chi connectivity index (χ2v) is 5.94. The van der Waals surface area contributed by atoms with Gasteiger partial charge in [0.05, 0.1) is 0 Å². The van der Waals surface area contributed by atoms with Crippen LogP contribution in [0.25, 0.3) is 11.1 Å². The van der Waals surface area contributed by atoms with Crippen LogP contribution < -0.4 is 5.73 Å². The third kappa shape index (κ3) is 3.37. The van der Waals surface area contributed by atoms with Gasteiger partial charge in [0.1, 0.15) is 0 Å². The van der Waals surface area contributed by atoms with Gasteiger partial charge in [-0.2, -0.15) is 0 Å². The van der Waals surface area contributed by atoms with Crippen molar-refractivity contribution in [1.29, 1.82) is 0 Å². The Morgan fingerprint density at radius 1 is 0.955 bits per heavy atom. The summed E-state index contributed by atoms with van der Waals surface area (Å²) in [5.74, 6) is -0.381. The second kappa shape index (κ2) is 6.75. The van der Waals surface area contributed by atoms with Crippen LogP contribution in [0, 0.1) is 0 Å². The Balaban J connectivity index is 1.78. The molecule has 0 saturated carbocycles. The summed E-state index contributed by atoms with van der Waals surface area (Å²) in [6.45, 7) is 3.41. The Hall–Kier alpha value is -2.13. The van der Waals surface area contributed by atoms with Gasteiger partial charge in [-0.3, -0.25) is 9.69 Å². The Labute approximate surface area is 131 Å². The van der Waals surface area contributed by atoms with Gasteiger partial charge < -0.3 is 5.73 Å². The van der Waals surface area contributed by atoms with E-state index in [1.54, 1.807) is 6.07 Å². The molecule has 1 fully saturated rings. The highest BCUT2D eigenvalue weighted by Crippen LogP contribution is 2.24. The van der Waals surface area contributed by atoms with E-state index >= 15 is 0 Å². The minimum atomic E-state index is -0.381. The fraction of sp³-hybridized carbons (Fsp3) is 0.316. The van der Waals surface area contributed by atoms with Gasteiger partial charge in [0.15, 0.2) is 0 Å². The molecule has 0 radical (unpaired) electrons. The van der Waals surface area contributed by atoms with Crippen LogP contribution in [-0.2, 0) is 6.54 Å². The number of amides is 1. The molecule has 0 atom stereocenters. The molecule has 1 amide bonds. The van der Waals surface area contributed by atoms with E-state index in [4.69, 9.17) is 5.73 Å².